The predicted molar refractivity (Wildman–Crippen MR) is 112 cm³/mol. The third-order valence-electron chi connectivity index (χ3n) is 5.93. The molecular formula is C22H28N6. The lowest BCUT2D eigenvalue weighted by molar-refractivity contribution is 0.339. The first kappa shape index (κ1) is 17.6. The Balaban J connectivity index is 1.54. The Morgan fingerprint density at radius 2 is 1.82 bits per heavy atom. The average molecular weight is 377 g/mol. The molecule has 0 radical (unpaired) electrons. The van der Waals surface area contributed by atoms with Crippen LogP contribution in [0.15, 0.2) is 30.3 Å². The van der Waals surface area contributed by atoms with Crippen LogP contribution in [0.4, 0.5) is 5.95 Å². The summed E-state index contributed by atoms with van der Waals surface area (Å²) in [6.45, 7) is 5.26. The fourth-order valence-corrected chi connectivity index (χ4v) is 4.11. The minimum absolute atomic E-state index is 0.538. The van der Waals surface area contributed by atoms with Crippen molar-refractivity contribution in [3.05, 3.63) is 36.0 Å². The molecule has 0 unspecified atom stereocenters. The van der Waals surface area contributed by atoms with Crippen LogP contribution in [0.2, 0.25) is 0 Å². The number of benzene rings is 1. The molecule has 3 heterocycles. The van der Waals surface area contributed by atoms with Gasteiger partial charge in [0.05, 0.1) is 5.69 Å². The summed E-state index contributed by atoms with van der Waals surface area (Å²) in [5.74, 6) is 2.52. The monoisotopic (exact) mass is 376 g/mol. The van der Waals surface area contributed by atoms with Gasteiger partial charge in [-0.3, -0.25) is 0 Å². The van der Waals surface area contributed by atoms with Crippen LogP contribution in [-0.2, 0) is 6.54 Å². The second-order valence-electron chi connectivity index (χ2n) is 8.16. The predicted octanol–water partition coefficient (Wildman–Crippen LogP) is 3.77. The van der Waals surface area contributed by atoms with Crippen LogP contribution in [0.1, 0.15) is 37.8 Å². The summed E-state index contributed by atoms with van der Waals surface area (Å²) in [4.78, 5) is 14.5. The highest BCUT2D eigenvalue weighted by Gasteiger charge is 2.24. The summed E-state index contributed by atoms with van der Waals surface area (Å²) in [6.07, 6.45) is 6.11. The highest BCUT2D eigenvalue weighted by atomic mass is 15.2. The molecule has 0 atom stereocenters. The van der Waals surface area contributed by atoms with Crippen LogP contribution in [0.3, 0.4) is 0 Å². The highest BCUT2D eigenvalue weighted by Crippen LogP contribution is 2.29. The maximum atomic E-state index is 4.98. The number of imidazole rings is 1. The molecule has 6 nitrogen and oxygen atoms in total. The summed E-state index contributed by atoms with van der Waals surface area (Å²) in [5.41, 5.74) is 3.97. The minimum atomic E-state index is 0.538. The molecule has 146 valence electrons. The fraction of sp³-hybridized carbons (Fsp3) is 0.500. The number of hydrogen-bond acceptors (Lipinski definition) is 5. The molecular weight excluding hydrogens is 348 g/mol. The standard InChI is InChI=1S/C22H28N6/c1-15-19-21(27-22(24-15)25-18-7-8-18)28(14-11-16-9-12-23-13-10-16)20(26-19)17-5-3-2-4-6-17/h2-6,16,18,23H,7-14H2,1H3,(H,24,25,27). The van der Waals surface area contributed by atoms with Gasteiger partial charge in [0, 0.05) is 18.2 Å². The number of rotatable bonds is 6. The van der Waals surface area contributed by atoms with E-state index in [-0.39, 0.29) is 0 Å². The Kier molecular flexibility index (Phi) is 4.72. The maximum Gasteiger partial charge on any atom is 0.225 e. The Labute approximate surface area is 165 Å². The van der Waals surface area contributed by atoms with Crippen molar-refractivity contribution in [1.29, 1.82) is 0 Å². The molecule has 1 aromatic carbocycles. The molecule has 2 N–H and O–H groups in total. The lowest BCUT2D eigenvalue weighted by Crippen LogP contribution is -2.28. The van der Waals surface area contributed by atoms with Crippen LogP contribution >= 0.6 is 0 Å². The molecule has 2 aromatic heterocycles. The molecule has 1 saturated carbocycles. The molecule has 1 aliphatic carbocycles. The number of fused-ring (bicyclic) bond motifs is 1. The molecule has 0 amide bonds. The van der Waals surface area contributed by atoms with Crippen LogP contribution in [-0.4, -0.2) is 38.7 Å². The zero-order valence-corrected chi connectivity index (χ0v) is 16.5. The van der Waals surface area contributed by atoms with Crippen molar-refractivity contribution >= 4 is 17.1 Å². The molecule has 0 bridgehead atoms. The van der Waals surface area contributed by atoms with E-state index in [0.29, 0.717) is 6.04 Å². The molecule has 6 heteroatoms. The van der Waals surface area contributed by atoms with E-state index in [2.05, 4.69) is 44.5 Å². The summed E-state index contributed by atoms with van der Waals surface area (Å²) in [7, 11) is 0. The fourth-order valence-electron chi connectivity index (χ4n) is 4.11. The van der Waals surface area contributed by atoms with Gasteiger partial charge in [0.15, 0.2) is 5.65 Å². The largest absolute Gasteiger partial charge is 0.351 e. The van der Waals surface area contributed by atoms with E-state index in [4.69, 9.17) is 9.97 Å². The van der Waals surface area contributed by atoms with E-state index in [1.54, 1.807) is 0 Å². The third kappa shape index (κ3) is 3.61. The molecule has 28 heavy (non-hydrogen) atoms. The molecule has 3 aromatic rings. The Morgan fingerprint density at radius 1 is 1.04 bits per heavy atom. The first-order valence-corrected chi connectivity index (χ1v) is 10.6. The lowest BCUT2D eigenvalue weighted by atomic mass is 9.95. The van der Waals surface area contributed by atoms with Crippen LogP contribution in [0.25, 0.3) is 22.6 Å². The van der Waals surface area contributed by atoms with Crippen molar-refractivity contribution < 1.29 is 0 Å². The van der Waals surface area contributed by atoms with E-state index in [0.717, 1.165) is 59.7 Å². The number of anilines is 1. The minimum Gasteiger partial charge on any atom is -0.351 e. The van der Waals surface area contributed by atoms with Gasteiger partial charge in [-0.2, -0.15) is 4.98 Å². The van der Waals surface area contributed by atoms with Crippen molar-refractivity contribution in [2.45, 2.75) is 51.6 Å². The molecule has 2 fully saturated rings. The van der Waals surface area contributed by atoms with E-state index in [1.165, 1.54) is 32.1 Å². The quantitative estimate of drug-likeness (QED) is 0.685. The van der Waals surface area contributed by atoms with E-state index < -0.39 is 0 Å². The van der Waals surface area contributed by atoms with E-state index in [1.807, 2.05) is 13.0 Å². The van der Waals surface area contributed by atoms with Crippen molar-refractivity contribution in [3.63, 3.8) is 0 Å². The number of piperidine rings is 1. The van der Waals surface area contributed by atoms with Gasteiger partial charge in [-0.25, -0.2) is 9.97 Å². The van der Waals surface area contributed by atoms with Crippen molar-refractivity contribution in [2.24, 2.45) is 5.92 Å². The first-order valence-electron chi connectivity index (χ1n) is 10.6. The summed E-state index contributed by atoms with van der Waals surface area (Å²) in [6, 6.07) is 11.0. The lowest BCUT2D eigenvalue weighted by Gasteiger charge is -2.23. The molecule has 1 aliphatic heterocycles. The Hall–Kier alpha value is -2.47. The van der Waals surface area contributed by atoms with Crippen molar-refractivity contribution in [2.75, 3.05) is 18.4 Å². The van der Waals surface area contributed by atoms with Crippen LogP contribution in [0, 0.1) is 12.8 Å². The Morgan fingerprint density at radius 3 is 2.57 bits per heavy atom. The van der Waals surface area contributed by atoms with Gasteiger partial charge in [0.1, 0.15) is 11.3 Å². The topological polar surface area (TPSA) is 67.7 Å². The second kappa shape index (κ2) is 7.51. The number of nitrogens with zero attached hydrogens (tertiary/aromatic N) is 4. The van der Waals surface area contributed by atoms with Crippen LogP contribution in [0.5, 0.6) is 0 Å². The van der Waals surface area contributed by atoms with Gasteiger partial charge >= 0.3 is 0 Å². The summed E-state index contributed by atoms with van der Waals surface area (Å²) >= 11 is 0. The zero-order valence-electron chi connectivity index (χ0n) is 16.5. The molecule has 0 spiro atoms. The molecule has 2 aliphatic rings. The SMILES string of the molecule is Cc1nc(NC2CC2)nc2c1nc(-c1ccccc1)n2CCC1CCNCC1. The number of aromatic nitrogens is 4. The second-order valence-corrected chi connectivity index (χ2v) is 8.16. The smallest absolute Gasteiger partial charge is 0.225 e. The third-order valence-corrected chi connectivity index (χ3v) is 5.93. The van der Waals surface area contributed by atoms with Crippen molar-refractivity contribution in [3.8, 4) is 11.4 Å². The van der Waals surface area contributed by atoms with Gasteiger partial charge in [-0.1, -0.05) is 30.3 Å². The van der Waals surface area contributed by atoms with Gasteiger partial charge in [0.2, 0.25) is 5.95 Å². The van der Waals surface area contributed by atoms with Crippen molar-refractivity contribution in [1.82, 2.24) is 24.8 Å². The van der Waals surface area contributed by atoms with Gasteiger partial charge in [-0.15, -0.1) is 0 Å². The number of nitrogens with one attached hydrogen (secondary N) is 2. The first-order chi connectivity index (χ1) is 13.8. The number of hydrogen-bond donors (Lipinski definition) is 2. The summed E-state index contributed by atoms with van der Waals surface area (Å²) in [5, 5.41) is 6.92. The van der Waals surface area contributed by atoms with Gasteiger partial charge < -0.3 is 15.2 Å². The maximum absolute atomic E-state index is 4.98. The zero-order chi connectivity index (χ0) is 18.9. The van der Waals surface area contributed by atoms with E-state index in [9.17, 15) is 0 Å². The summed E-state index contributed by atoms with van der Waals surface area (Å²) < 4.78 is 2.32. The highest BCUT2D eigenvalue weighted by molar-refractivity contribution is 5.80. The van der Waals surface area contributed by atoms with Gasteiger partial charge in [-0.05, 0) is 58.0 Å². The normalized spacial score (nSPS) is 17.9. The van der Waals surface area contributed by atoms with E-state index >= 15 is 0 Å². The average Bonchev–Trinajstić information content (AvgIpc) is 3.46. The Bertz CT molecular complexity index is 954. The van der Waals surface area contributed by atoms with Crippen LogP contribution < -0.4 is 10.6 Å². The number of aryl methyl sites for hydroxylation is 2. The molecule has 1 saturated heterocycles. The molecule has 5 rings (SSSR count). The van der Waals surface area contributed by atoms with Gasteiger partial charge in [0.25, 0.3) is 0 Å².